The molecule has 0 saturated heterocycles. The smallest absolute Gasteiger partial charge is 0.121 e. The average Bonchev–Trinajstić information content (AvgIpc) is 2.27. The fourth-order valence-corrected chi connectivity index (χ4v) is 1.58. The van der Waals surface area contributed by atoms with Crippen LogP contribution in [0.3, 0.4) is 0 Å². The number of methoxy groups -OCH3 is 1. The Morgan fingerprint density at radius 3 is 2.75 bits per heavy atom. The van der Waals surface area contributed by atoms with Crippen molar-refractivity contribution in [3.05, 3.63) is 35.5 Å². The first-order valence-corrected chi connectivity index (χ1v) is 4.78. The van der Waals surface area contributed by atoms with Crippen molar-refractivity contribution >= 4 is 16.9 Å². The Morgan fingerprint density at radius 1 is 1.38 bits per heavy atom. The highest BCUT2D eigenvalue weighted by Gasteiger charge is 2.04. The maximum absolute atomic E-state index is 10.8. The molecule has 0 saturated carbocycles. The van der Waals surface area contributed by atoms with Gasteiger partial charge in [-0.25, -0.2) is 0 Å². The molecular formula is C12H10NO3-. The van der Waals surface area contributed by atoms with Gasteiger partial charge in [0.05, 0.1) is 18.6 Å². The van der Waals surface area contributed by atoms with E-state index in [4.69, 9.17) is 4.74 Å². The number of aryl methyl sites for hydroxylation is 1. The quantitative estimate of drug-likeness (QED) is 0.748. The Balaban J connectivity index is 2.68. The normalized spacial score (nSPS) is 10.4. The molecule has 0 spiro atoms. The van der Waals surface area contributed by atoms with Crippen LogP contribution in [0.4, 0.5) is 0 Å². The van der Waals surface area contributed by atoms with Crippen molar-refractivity contribution in [1.82, 2.24) is 4.98 Å². The predicted octanol–water partition coefficient (Wildman–Crippen LogP) is 0.915. The number of fused-ring (bicyclic) bond motifs is 1. The SMILES string of the molecule is COc1ccc2cc(C(=O)[O-])c(C)nc2c1. The first-order valence-electron chi connectivity index (χ1n) is 4.78. The van der Waals surface area contributed by atoms with Crippen molar-refractivity contribution in [2.45, 2.75) is 6.92 Å². The van der Waals surface area contributed by atoms with E-state index in [0.717, 1.165) is 5.39 Å². The predicted molar refractivity (Wildman–Crippen MR) is 57.4 cm³/mol. The second-order valence-electron chi connectivity index (χ2n) is 3.47. The molecule has 0 aliphatic rings. The third-order valence-electron chi connectivity index (χ3n) is 2.44. The van der Waals surface area contributed by atoms with Crippen LogP contribution in [-0.2, 0) is 0 Å². The minimum absolute atomic E-state index is 0.123. The summed E-state index contributed by atoms with van der Waals surface area (Å²) in [6.07, 6.45) is 0. The molecule has 2 rings (SSSR count). The van der Waals surface area contributed by atoms with Gasteiger partial charge in [-0.2, -0.15) is 0 Å². The molecule has 1 aromatic carbocycles. The molecule has 1 heterocycles. The van der Waals surface area contributed by atoms with Crippen LogP contribution in [0, 0.1) is 6.92 Å². The molecule has 16 heavy (non-hydrogen) atoms. The van der Waals surface area contributed by atoms with Gasteiger partial charge >= 0.3 is 0 Å². The van der Waals surface area contributed by atoms with Gasteiger partial charge in [0.15, 0.2) is 0 Å². The first kappa shape index (κ1) is 10.4. The van der Waals surface area contributed by atoms with Crippen LogP contribution in [0.5, 0.6) is 5.75 Å². The van der Waals surface area contributed by atoms with Gasteiger partial charge in [0.25, 0.3) is 0 Å². The lowest BCUT2D eigenvalue weighted by atomic mass is 10.1. The molecule has 0 amide bonds. The molecule has 0 fully saturated rings. The number of hydrogen-bond acceptors (Lipinski definition) is 4. The van der Waals surface area contributed by atoms with Gasteiger partial charge in [0.2, 0.25) is 0 Å². The van der Waals surface area contributed by atoms with Crippen molar-refractivity contribution in [2.24, 2.45) is 0 Å². The van der Waals surface area contributed by atoms with Gasteiger partial charge in [-0.1, -0.05) is 0 Å². The maximum Gasteiger partial charge on any atom is 0.121 e. The molecule has 0 unspecified atom stereocenters. The third kappa shape index (κ3) is 1.69. The number of carboxylic acid groups (broad SMARTS) is 1. The highest BCUT2D eigenvalue weighted by Crippen LogP contribution is 2.21. The highest BCUT2D eigenvalue weighted by atomic mass is 16.5. The van der Waals surface area contributed by atoms with Gasteiger partial charge in [-0.3, -0.25) is 4.98 Å². The lowest BCUT2D eigenvalue weighted by Crippen LogP contribution is -2.23. The Labute approximate surface area is 92.5 Å². The lowest BCUT2D eigenvalue weighted by molar-refractivity contribution is -0.255. The first-order chi connectivity index (χ1) is 7.61. The summed E-state index contributed by atoms with van der Waals surface area (Å²) in [5, 5.41) is 11.6. The number of carbonyl (C=O) groups excluding carboxylic acids is 1. The number of aromatic nitrogens is 1. The Hall–Kier alpha value is -2.10. The molecule has 2 aromatic rings. The lowest BCUT2D eigenvalue weighted by Gasteiger charge is -2.08. The summed E-state index contributed by atoms with van der Waals surface area (Å²) in [7, 11) is 1.57. The summed E-state index contributed by atoms with van der Waals surface area (Å²) in [5.74, 6) is -0.511. The van der Waals surface area contributed by atoms with Gasteiger partial charge in [0.1, 0.15) is 5.75 Å². The molecule has 0 aliphatic carbocycles. The summed E-state index contributed by atoms with van der Waals surface area (Å²) >= 11 is 0. The van der Waals surface area contributed by atoms with E-state index >= 15 is 0 Å². The van der Waals surface area contributed by atoms with Crippen LogP contribution in [0.15, 0.2) is 24.3 Å². The Kier molecular flexibility index (Phi) is 2.48. The van der Waals surface area contributed by atoms with Crippen molar-refractivity contribution in [2.75, 3.05) is 7.11 Å². The maximum atomic E-state index is 10.8. The summed E-state index contributed by atoms with van der Waals surface area (Å²) in [6.45, 7) is 1.64. The topological polar surface area (TPSA) is 62.2 Å². The molecule has 0 radical (unpaired) electrons. The number of pyridine rings is 1. The van der Waals surface area contributed by atoms with Crippen molar-refractivity contribution < 1.29 is 14.6 Å². The van der Waals surface area contributed by atoms with Crippen LogP contribution in [0.25, 0.3) is 10.9 Å². The molecule has 0 aliphatic heterocycles. The number of aromatic carboxylic acids is 1. The summed E-state index contributed by atoms with van der Waals surface area (Å²) < 4.78 is 5.07. The number of hydrogen-bond donors (Lipinski definition) is 0. The standard InChI is InChI=1S/C12H11NO3/c1-7-10(12(14)15)5-8-3-4-9(16-2)6-11(8)13-7/h3-6H,1-2H3,(H,14,15)/p-1. The van der Waals surface area contributed by atoms with E-state index in [0.29, 0.717) is 17.0 Å². The number of carbonyl (C=O) groups is 1. The van der Waals surface area contributed by atoms with E-state index < -0.39 is 5.97 Å². The van der Waals surface area contributed by atoms with Crippen LogP contribution in [0.1, 0.15) is 16.1 Å². The van der Waals surface area contributed by atoms with E-state index in [1.165, 1.54) is 0 Å². The molecule has 0 bridgehead atoms. The Bertz CT molecular complexity index is 563. The fraction of sp³-hybridized carbons (Fsp3) is 0.167. The third-order valence-corrected chi connectivity index (χ3v) is 2.44. The van der Waals surface area contributed by atoms with Gasteiger partial charge in [-0.15, -0.1) is 0 Å². The van der Waals surface area contributed by atoms with E-state index in [1.54, 1.807) is 38.3 Å². The zero-order valence-electron chi connectivity index (χ0n) is 8.98. The fourth-order valence-electron chi connectivity index (χ4n) is 1.58. The van der Waals surface area contributed by atoms with E-state index in [-0.39, 0.29) is 5.56 Å². The van der Waals surface area contributed by atoms with Crippen LogP contribution < -0.4 is 9.84 Å². The molecule has 1 aromatic heterocycles. The largest absolute Gasteiger partial charge is 0.545 e. The van der Waals surface area contributed by atoms with Crippen LogP contribution >= 0.6 is 0 Å². The van der Waals surface area contributed by atoms with Gasteiger partial charge in [0, 0.05) is 22.7 Å². The Morgan fingerprint density at radius 2 is 2.12 bits per heavy atom. The second-order valence-corrected chi connectivity index (χ2v) is 3.47. The minimum Gasteiger partial charge on any atom is -0.545 e. The van der Waals surface area contributed by atoms with E-state index in [1.807, 2.05) is 0 Å². The number of benzene rings is 1. The zero-order chi connectivity index (χ0) is 11.7. The van der Waals surface area contributed by atoms with Gasteiger partial charge < -0.3 is 14.6 Å². The van der Waals surface area contributed by atoms with Crippen molar-refractivity contribution in [3.8, 4) is 5.75 Å². The van der Waals surface area contributed by atoms with Crippen LogP contribution in [0.2, 0.25) is 0 Å². The zero-order valence-corrected chi connectivity index (χ0v) is 8.98. The van der Waals surface area contributed by atoms with Crippen molar-refractivity contribution in [1.29, 1.82) is 0 Å². The number of rotatable bonds is 2. The minimum atomic E-state index is -1.21. The number of carboxylic acids is 1. The average molecular weight is 216 g/mol. The van der Waals surface area contributed by atoms with E-state index in [2.05, 4.69) is 4.98 Å². The molecular weight excluding hydrogens is 206 g/mol. The molecule has 4 nitrogen and oxygen atoms in total. The second kappa shape index (κ2) is 3.81. The summed E-state index contributed by atoms with van der Waals surface area (Å²) in [5.41, 5.74) is 1.28. The number of nitrogens with zero attached hydrogens (tertiary/aromatic N) is 1. The highest BCUT2D eigenvalue weighted by molar-refractivity contribution is 5.93. The molecule has 0 N–H and O–H groups in total. The molecule has 4 heteroatoms. The van der Waals surface area contributed by atoms with Gasteiger partial charge in [-0.05, 0) is 25.1 Å². The van der Waals surface area contributed by atoms with E-state index in [9.17, 15) is 9.90 Å². The number of ether oxygens (including phenoxy) is 1. The monoisotopic (exact) mass is 216 g/mol. The molecule has 0 atom stereocenters. The molecule has 82 valence electrons. The van der Waals surface area contributed by atoms with Crippen LogP contribution in [-0.4, -0.2) is 18.1 Å². The van der Waals surface area contributed by atoms with Crippen molar-refractivity contribution in [3.63, 3.8) is 0 Å². The summed E-state index contributed by atoms with van der Waals surface area (Å²) in [6, 6.07) is 6.86. The summed E-state index contributed by atoms with van der Waals surface area (Å²) in [4.78, 5) is 15.0.